The van der Waals surface area contributed by atoms with Crippen LogP contribution in [0.15, 0.2) is 49.4 Å². The summed E-state index contributed by atoms with van der Waals surface area (Å²) < 4.78 is 42.0. The molecule has 3 aromatic rings. The molecule has 2 atom stereocenters. The molecule has 3 rings (SSSR count). The lowest BCUT2D eigenvalue weighted by Crippen LogP contribution is -2.36. The van der Waals surface area contributed by atoms with Crippen LogP contribution in [0.2, 0.25) is 0 Å². The van der Waals surface area contributed by atoms with Crippen LogP contribution in [0.25, 0.3) is 0 Å². The molecule has 1 N–H and O–H groups in total. The van der Waals surface area contributed by atoms with E-state index in [1.165, 1.54) is 25.6 Å². The summed E-state index contributed by atoms with van der Waals surface area (Å²) in [6, 6.07) is 2.85. The second-order valence-corrected chi connectivity index (χ2v) is 5.95. The molecule has 0 fully saturated rings. The maximum Gasteiger partial charge on any atom is 0.163 e. The number of hydrogen-bond acceptors (Lipinski definition) is 5. The molecule has 26 heavy (non-hydrogen) atoms. The monoisotopic (exact) mass is 360 g/mol. The van der Waals surface area contributed by atoms with Crippen LogP contribution in [-0.4, -0.2) is 25.0 Å². The molecule has 2 heterocycles. The minimum absolute atomic E-state index is 0.0805. The van der Waals surface area contributed by atoms with E-state index in [0.717, 1.165) is 24.7 Å². The highest BCUT2D eigenvalue weighted by atomic mass is 19.1. The standard InChI is InChI=1S/C18H15F3N4O/c1-11(17-16(21)8-24-10-25-17)18(26,5-12-6-22-9-23-7-12)14-3-2-13(19)4-15(14)20/h2-4,6-11,26H,5H2,1H3/t11-,18+/m0/s1. The summed E-state index contributed by atoms with van der Waals surface area (Å²) in [6.07, 6.45) is 6.22. The third-order valence-electron chi connectivity index (χ3n) is 4.31. The number of halogens is 3. The maximum atomic E-state index is 14.5. The molecule has 0 aliphatic heterocycles. The average Bonchev–Trinajstić information content (AvgIpc) is 2.62. The highest BCUT2D eigenvalue weighted by molar-refractivity contribution is 5.32. The Morgan fingerprint density at radius 3 is 2.35 bits per heavy atom. The first-order valence-corrected chi connectivity index (χ1v) is 7.79. The molecule has 5 nitrogen and oxygen atoms in total. The van der Waals surface area contributed by atoms with Gasteiger partial charge in [-0.15, -0.1) is 0 Å². The van der Waals surface area contributed by atoms with Gasteiger partial charge in [-0.2, -0.15) is 0 Å². The van der Waals surface area contributed by atoms with Gasteiger partial charge in [-0.05, 0) is 11.6 Å². The van der Waals surface area contributed by atoms with Gasteiger partial charge in [0.05, 0.1) is 11.9 Å². The lowest BCUT2D eigenvalue weighted by molar-refractivity contribution is 0.00667. The fourth-order valence-electron chi connectivity index (χ4n) is 2.92. The Kier molecular flexibility index (Phi) is 4.94. The summed E-state index contributed by atoms with van der Waals surface area (Å²) in [5.74, 6) is -3.42. The van der Waals surface area contributed by atoms with Crippen LogP contribution in [0.1, 0.15) is 29.7 Å². The number of rotatable bonds is 5. The summed E-state index contributed by atoms with van der Waals surface area (Å²) in [6.45, 7) is 1.51. The van der Waals surface area contributed by atoms with E-state index in [-0.39, 0.29) is 17.7 Å². The lowest BCUT2D eigenvalue weighted by atomic mass is 9.76. The minimum atomic E-state index is -1.92. The van der Waals surface area contributed by atoms with Gasteiger partial charge in [-0.1, -0.05) is 13.0 Å². The third-order valence-corrected chi connectivity index (χ3v) is 4.31. The topological polar surface area (TPSA) is 71.8 Å². The summed E-state index contributed by atoms with van der Waals surface area (Å²) in [7, 11) is 0. The summed E-state index contributed by atoms with van der Waals surface area (Å²) in [5.41, 5.74) is -1.67. The molecule has 2 aromatic heterocycles. The van der Waals surface area contributed by atoms with E-state index >= 15 is 0 Å². The number of benzene rings is 1. The van der Waals surface area contributed by atoms with Crippen molar-refractivity contribution in [2.75, 3.05) is 0 Å². The SMILES string of the molecule is C[C@@H](c1ncncc1F)[C@](O)(Cc1cncnc1)c1ccc(F)cc1F. The summed E-state index contributed by atoms with van der Waals surface area (Å²) >= 11 is 0. The molecule has 134 valence electrons. The van der Waals surface area contributed by atoms with Crippen LogP contribution in [-0.2, 0) is 12.0 Å². The van der Waals surface area contributed by atoms with Crippen molar-refractivity contribution in [3.63, 3.8) is 0 Å². The Hall–Kier alpha value is -2.87. The second kappa shape index (κ2) is 7.17. The van der Waals surface area contributed by atoms with Gasteiger partial charge in [0.1, 0.15) is 29.9 Å². The van der Waals surface area contributed by atoms with Gasteiger partial charge < -0.3 is 5.11 Å². The van der Waals surface area contributed by atoms with Gasteiger partial charge in [0.2, 0.25) is 0 Å². The molecule has 0 aliphatic carbocycles. The first-order chi connectivity index (χ1) is 12.4. The predicted octanol–water partition coefficient (Wildman–Crippen LogP) is 2.92. The molecule has 0 saturated carbocycles. The van der Waals surface area contributed by atoms with Crippen molar-refractivity contribution in [2.45, 2.75) is 24.9 Å². The largest absolute Gasteiger partial charge is 0.384 e. The summed E-state index contributed by atoms with van der Waals surface area (Å²) in [5, 5.41) is 11.4. The Morgan fingerprint density at radius 1 is 1.00 bits per heavy atom. The van der Waals surface area contributed by atoms with Crippen molar-refractivity contribution < 1.29 is 18.3 Å². The molecular formula is C18H15F3N4O. The highest BCUT2D eigenvalue weighted by Crippen LogP contribution is 2.40. The van der Waals surface area contributed by atoms with Gasteiger partial charge in [-0.3, -0.25) is 0 Å². The van der Waals surface area contributed by atoms with E-state index in [1.54, 1.807) is 0 Å². The van der Waals surface area contributed by atoms with Gasteiger partial charge in [-0.25, -0.2) is 33.1 Å². The Bertz CT molecular complexity index is 910. The molecule has 0 radical (unpaired) electrons. The van der Waals surface area contributed by atoms with Crippen molar-refractivity contribution >= 4 is 0 Å². The molecule has 8 heteroatoms. The van der Waals surface area contributed by atoms with E-state index in [1.807, 2.05) is 0 Å². The zero-order chi connectivity index (χ0) is 18.7. The molecule has 0 saturated heterocycles. The van der Waals surface area contributed by atoms with Crippen molar-refractivity contribution in [2.24, 2.45) is 0 Å². The van der Waals surface area contributed by atoms with E-state index in [4.69, 9.17) is 0 Å². The molecule has 0 aliphatic rings. The first-order valence-electron chi connectivity index (χ1n) is 7.79. The van der Waals surface area contributed by atoms with E-state index in [0.29, 0.717) is 11.6 Å². The fraction of sp³-hybridized carbons (Fsp3) is 0.222. The zero-order valence-corrected chi connectivity index (χ0v) is 13.8. The minimum Gasteiger partial charge on any atom is -0.384 e. The van der Waals surface area contributed by atoms with E-state index in [2.05, 4.69) is 19.9 Å². The zero-order valence-electron chi connectivity index (χ0n) is 13.8. The Labute approximate surface area is 147 Å². The van der Waals surface area contributed by atoms with Crippen LogP contribution in [0.5, 0.6) is 0 Å². The molecule has 0 bridgehead atoms. The van der Waals surface area contributed by atoms with E-state index < -0.39 is 29.0 Å². The number of hydrogen-bond donors (Lipinski definition) is 1. The van der Waals surface area contributed by atoms with E-state index in [9.17, 15) is 18.3 Å². The molecular weight excluding hydrogens is 345 g/mol. The Morgan fingerprint density at radius 2 is 1.69 bits per heavy atom. The van der Waals surface area contributed by atoms with Gasteiger partial charge in [0.25, 0.3) is 0 Å². The normalized spacial score (nSPS) is 14.7. The summed E-state index contributed by atoms with van der Waals surface area (Å²) in [4.78, 5) is 15.2. The predicted molar refractivity (Wildman–Crippen MR) is 86.4 cm³/mol. The van der Waals surface area contributed by atoms with Crippen molar-refractivity contribution in [1.82, 2.24) is 19.9 Å². The number of aliphatic hydroxyl groups is 1. The molecule has 0 spiro atoms. The second-order valence-electron chi connectivity index (χ2n) is 5.95. The highest BCUT2D eigenvalue weighted by Gasteiger charge is 2.41. The Balaban J connectivity index is 2.13. The molecule has 0 amide bonds. The average molecular weight is 360 g/mol. The van der Waals surface area contributed by atoms with Gasteiger partial charge >= 0.3 is 0 Å². The van der Waals surface area contributed by atoms with Crippen molar-refractivity contribution in [3.8, 4) is 0 Å². The number of aromatic nitrogens is 4. The van der Waals surface area contributed by atoms with Crippen LogP contribution in [0.4, 0.5) is 13.2 Å². The van der Waals surface area contributed by atoms with Crippen molar-refractivity contribution in [1.29, 1.82) is 0 Å². The maximum absolute atomic E-state index is 14.5. The van der Waals surface area contributed by atoms with Gasteiger partial charge in [0, 0.05) is 36.4 Å². The number of nitrogens with zero attached hydrogens (tertiary/aromatic N) is 4. The quantitative estimate of drug-likeness (QED) is 0.757. The van der Waals surface area contributed by atoms with Gasteiger partial charge in [0.15, 0.2) is 5.82 Å². The van der Waals surface area contributed by atoms with Crippen LogP contribution in [0, 0.1) is 17.5 Å². The van der Waals surface area contributed by atoms with Crippen LogP contribution >= 0.6 is 0 Å². The fourth-order valence-corrected chi connectivity index (χ4v) is 2.92. The van der Waals surface area contributed by atoms with Crippen LogP contribution < -0.4 is 0 Å². The lowest BCUT2D eigenvalue weighted by Gasteiger charge is -2.34. The van der Waals surface area contributed by atoms with Crippen molar-refractivity contribution in [3.05, 3.63) is 83.7 Å². The molecule has 1 aromatic carbocycles. The third kappa shape index (κ3) is 3.41. The first kappa shape index (κ1) is 17.9. The smallest absolute Gasteiger partial charge is 0.163 e. The molecule has 0 unspecified atom stereocenters. The van der Waals surface area contributed by atoms with Crippen LogP contribution in [0.3, 0.4) is 0 Å².